The van der Waals surface area contributed by atoms with Crippen LogP contribution in [0.5, 0.6) is 5.75 Å². The van der Waals surface area contributed by atoms with Gasteiger partial charge in [-0.1, -0.05) is 24.3 Å². The van der Waals surface area contributed by atoms with Gasteiger partial charge in [-0.25, -0.2) is 13.1 Å². The maximum absolute atomic E-state index is 12.6. The summed E-state index contributed by atoms with van der Waals surface area (Å²) >= 11 is 0. The summed E-state index contributed by atoms with van der Waals surface area (Å²) in [5, 5.41) is 10.9. The van der Waals surface area contributed by atoms with Crippen molar-refractivity contribution in [3.63, 3.8) is 0 Å². The van der Waals surface area contributed by atoms with E-state index in [1.54, 1.807) is 38.1 Å². The van der Waals surface area contributed by atoms with Crippen LogP contribution in [0.4, 0.5) is 5.69 Å². The monoisotopic (exact) mass is 350 g/mol. The molecule has 1 N–H and O–H groups in total. The van der Waals surface area contributed by atoms with Gasteiger partial charge in [0, 0.05) is 23.7 Å². The second kappa shape index (κ2) is 6.98. The van der Waals surface area contributed by atoms with Crippen molar-refractivity contribution in [1.82, 2.24) is 4.72 Å². The minimum absolute atomic E-state index is 0.113. The number of rotatable bonds is 6. The topological polar surface area (TPSA) is 98.5 Å². The number of para-hydroxylation sites is 1. The lowest BCUT2D eigenvalue weighted by Crippen LogP contribution is -2.27. The van der Waals surface area contributed by atoms with Crippen LogP contribution in [0, 0.1) is 17.0 Å². The van der Waals surface area contributed by atoms with Crippen LogP contribution < -0.4 is 9.46 Å². The second-order valence-corrected chi connectivity index (χ2v) is 6.97. The highest BCUT2D eigenvalue weighted by Gasteiger charge is 2.24. The van der Waals surface area contributed by atoms with E-state index in [1.165, 1.54) is 19.2 Å². The predicted molar refractivity (Wildman–Crippen MR) is 89.6 cm³/mol. The molecule has 0 aliphatic heterocycles. The lowest BCUT2D eigenvalue weighted by molar-refractivity contribution is -0.385. The average molecular weight is 350 g/mol. The van der Waals surface area contributed by atoms with E-state index in [0.29, 0.717) is 16.9 Å². The number of methoxy groups -OCH3 is 1. The molecule has 1 atom stereocenters. The van der Waals surface area contributed by atoms with Crippen molar-refractivity contribution in [1.29, 1.82) is 0 Å². The highest BCUT2D eigenvalue weighted by molar-refractivity contribution is 7.89. The zero-order chi connectivity index (χ0) is 17.9. The third-order valence-corrected chi connectivity index (χ3v) is 5.29. The fraction of sp³-hybridized carbons (Fsp3) is 0.250. The second-order valence-electron chi connectivity index (χ2n) is 5.29. The van der Waals surface area contributed by atoms with E-state index in [-0.39, 0.29) is 10.6 Å². The Morgan fingerprint density at radius 2 is 1.88 bits per heavy atom. The molecule has 8 heteroatoms. The zero-order valence-electron chi connectivity index (χ0n) is 13.5. The first-order valence-corrected chi connectivity index (χ1v) is 8.65. The first-order valence-electron chi connectivity index (χ1n) is 7.16. The molecule has 7 nitrogen and oxygen atoms in total. The molecule has 0 fully saturated rings. The molecule has 0 amide bonds. The molecule has 0 bridgehead atoms. The van der Waals surface area contributed by atoms with Crippen LogP contribution in [0.1, 0.15) is 24.1 Å². The fourth-order valence-electron chi connectivity index (χ4n) is 2.38. The molecule has 1 unspecified atom stereocenters. The van der Waals surface area contributed by atoms with Gasteiger partial charge < -0.3 is 4.74 Å². The first-order chi connectivity index (χ1) is 11.3. The summed E-state index contributed by atoms with van der Waals surface area (Å²) < 4.78 is 33.1. The minimum atomic E-state index is -3.93. The molecule has 0 aliphatic rings. The van der Waals surface area contributed by atoms with Crippen LogP contribution in [0.3, 0.4) is 0 Å². The SMILES string of the molecule is COc1ccccc1C(C)NS(=O)(=O)c1cc([N+](=O)[O-])ccc1C. The summed E-state index contributed by atoms with van der Waals surface area (Å²) in [7, 11) is -2.42. The molecule has 2 aromatic rings. The summed E-state index contributed by atoms with van der Waals surface area (Å²) in [6.07, 6.45) is 0. The van der Waals surface area contributed by atoms with Gasteiger partial charge in [0.15, 0.2) is 0 Å². The molecule has 0 spiro atoms. The van der Waals surface area contributed by atoms with Crippen molar-refractivity contribution in [2.24, 2.45) is 0 Å². The number of non-ortho nitro benzene ring substituents is 1. The smallest absolute Gasteiger partial charge is 0.270 e. The van der Waals surface area contributed by atoms with E-state index in [0.717, 1.165) is 6.07 Å². The van der Waals surface area contributed by atoms with Crippen LogP contribution in [0.2, 0.25) is 0 Å². The van der Waals surface area contributed by atoms with Gasteiger partial charge in [0.05, 0.1) is 16.9 Å². The number of hydrogen-bond donors (Lipinski definition) is 1. The number of aryl methyl sites for hydroxylation is 1. The third kappa shape index (κ3) is 3.72. The highest BCUT2D eigenvalue weighted by atomic mass is 32.2. The van der Waals surface area contributed by atoms with Gasteiger partial charge in [-0.15, -0.1) is 0 Å². The Hall–Kier alpha value is -2.45. The number of benzene rings is 2. The van der Waals surface area contributed by atoms with E-state index in [9.17, 15) is 18.5 Å². The molecule has 0 heterocycles. The fourth-order valence-corrected chi connectivity index (χ4v) is 3.86. The summed E-state index contributed by atoms with van der Waals surface area (Å²) in [5.41, 5.74) is 0.831. The normalized spacial score (nSPS) is 12.6. The maximum atomic E-state index is 12.6. The molecule has 0 radical (unpaired) electrons. The number of hydrogen-bond acceptors (Lipinski definition) is 5. The molecule has 0 saturated carbocycles. The summed E-state index contributed by atoms with van der Waals surface area (Å²) in [4.78, 5) is 10.2. The zero-order valence-corrected chi connectivity index (χ0v) is 14.3. The Bertz CT molecular complexity index is 865. The molecule has 0 saturated heterocycles. The number of nitrogens with one attached hydrogen (secondary N) is 1. The van der Waals surface area contributed by atoms with Crippen molar-refractivity contribution in [2.75, 3.05) is 7.11 Å². The van der Waals surface area contributed by atoms with Crippen LogP contribution >= 0.6 is 0 Å². The van der Waals surface area contributed by atoms with Gasteiger partial charge >= 0.3 is 0 Å². The van der Waals surface area contributed by atoms with E-state index in [2.05, 4.69) is 4.72 Å². The third-order valence-electron chi connectivity index (χ3n) is 3.61. The van der Waals surface area contributed by atoms with Crippen molar-refractivity contribution < 1.29 is 18.1 Å². The van der Waals surface area contributed by atoms with Crippen LogP contribution in [-0.4, -0.2) is 20.5 Å². The molecular formula is C16H18N2O5S. The van der Waals surface area contributed by atoms with Gasteiger partial charge in [0.25, 0.3) is 5.69 Å². The van der Waals surface area contributed by atoms with Crippen molar-refractivity contribution >= 4 is 15.7 Å². The Morgan fingerprint density at radius 3 is 2.50 bits per heavy atom. The molecule has 2 aromatic carbocycles. The molecule has 0 aliphatic carbocycles. The maximum Gasteiger partial charge on any atom is 0.270 e. The predicted octanol–water partition coefficient (Wildman–Crippen LogP) is 2.95. The highest BCUT2D eigenvalue weighted by Crippen LogP contribution is 2.27. The largest absolute Gasteiger partial charge is 0.496 e. The number of nitro groups is 1. The van der Waals surface area contributed by atoms with Crippen molar-refractivity contribution in [2.45, 2.75) is 24.8 Å². The Balaban J connectivity index is 2.38. The Kier molecular flexibility index (Phi) is 5.20. The van der Waals surface area contributed by atoms with Crippen molar-refractivity contribution in [3.8, 4) is 5.75 Å². The number of sulfonamides is 1. The summed E-state index contributed by atoms with van der Waals surface area (Å²) in [5.74, 6) is 0.559. The van der Waals surface area contributed by atoms with Gasteiger partial charge in [-0.3, -0.25) is 10.1 Å². The number of nitrogens with zero attached hydrogens (tertiary/aromatic N) is 1. The standard InChI is InChI=1S/C16H18N2O5S/c1-11-8-9-13(18(19)20)10-16(11)24(21,22)17-12(2)14-6-4-5-7-15(14)23-3/h4-10,12,17H,1-3H3. The van der Waals surface area contributed by atoms with Gasteiger partial charge in [-0.05, 0) is 25.5 Å². The number of nitro benzene ring substituents is 1. The molecule has 128 valence electrons. The Morgan fingerprint density at radius 1 is 1.21 bits per heavy atom. The van der Waals surface area contributed by atoms with E-state index in [1.807, 2.05) is 0 Å². The van der Waals surface area contributed by atoms with Gasteiger partial charge in [0.1, 0.15) is 5.75 Å². The van der Waals surface area contributed by atoms with Crippen LogP contribution in [0.15, 0.2) is 47.4 Å². The molecule has 2 rings (SSSR count). The van der Waals surface area contributed by atoms with Crippen molar-refractivity contribution in [3.05, 3.63) is 63.7 Å². The lowest BCUT2D eigenvalue weighted by Gasteiger charge is -2.18. The first kappa shape index (κ1) is 17.9. The number of ether oxygens (including phenoxy) is 1. The van der Waals surface area contributed by atoms with E-state index >= 15 is 0 Å². The van der Waals surface area contributed by atoms with Crippen LogP contribution in [0.25, 0.3) is 0 Å². The summed E-state index contributed by atoms with van der Waals surface area (Å²) in [6.45, 7) is 3.27. The van der Waals surface area contributed by atoms with E-state index in [4.69, 9.17) is 4.74 Å². The quantitative estimate of drug-likeness (QED) is 0.638. The molecule has 24 heavy (non-hydrogen) atoms. The lowest BCUT2D eigenvalue weighted by atomic mass is 10.1. The van der Waals surface area contributed by atoms with Gasteiger partial charge in [0.2, 0.25) is 10.0 Å². The molecule has 0 aromatic heterocycles. The minimum Gasteiger partial charge on any atom is -0.496 e. The summed E-state index contributed by atoms with van der Waals surface area (Å²) in [6, 6.07) is 10.2. The molecular weight excluding hydrogens is 332 g/mol. The van der Waals surface area contributed by atoms with Gasteiger partial charge in [-0.2, -0.15) is 0 Å². The Labute approximate surface area is 140 Å². The average Bonchev–Trinajstić information content (AvgIpc) is 2.54. The van der Waals surface area contributed by atoms with E-state index < -0.39 is 21.0 Å². The van der Waals surface area contributed by atoms with Crippen LogP contribution in [-0.2, 0) is 10.0 Å².